The number of nitrogens with zero attached hydrogens (tertiary/aromatic N) is 1. The number of carbonyl (C=O) groups excluding carboxylic acids is 2. The third kappa shape index (κ3) is 4.65. The average molecular weight is 378 g/mol. The molecule has 0 unspecified atom stereocenters. The van der Waals surface area contributed by atoms with Crippen LogP contribution in [0, 0.1) is 0 Å². The van der Waals surface area contributed by atoms with Crippen LogP contribution >= 0.6 is 0 Å². The molecule has 0 N–H and O–H groups in total. The fourth-order valence-electron chi connectivity index (χ4n) is 2.61. The molecule has 1 aliphatic rings. The summed E-state index contributed by atoms with van der Waals surface area (Å²) >= 11 is 0. The maximum absolute atomic E-state index is 12.1. The molecule has 144 valence electrons. The Bertz CT molecular complexity index is 948. The van der Waals surface area contributed by atoms with E-state index in [4.69, 9.17) is 9.47 Å². The predicted octanol–water partition coefficient (Wildman–Crippen LogP) is 2.46. The van der Waals surface area contributed by atoms with Crippen molar-refractivity contribution in [2.24, 2.45) is 4.99 Å². The minimum Gasteiger partial charge on any atom is -0.546 e. The van der Waals surface area contributed by atoms with Crippen LogP contribution < -0.4 is 9.84 Å². The van der Waals surface area contributed by atoms with Crippen LogP contribution in [0.25, 0.3) is 6.08 Å². The number of benzene rings is 2. The van der Waals surface area contributed by atoms with Gasteiger partial charge in [0.1, 0.15) is 12.4 Å². The number of cyclic esters (lactones) is 1. The summed E-state index contributed by atoms with van der Waals surface area (Å²) in [7, 11) is 0. The molecule has 0 amide bonds. The summed E-state index contributed by atoms with van der Waals surface area (Å²) in [5.41, 5.74) is 2.85. The lowest BCUT2D eigenvalue weighted by Crippen LogP contribution is -2.28. The van der Waals surface area contributed by atoms with Crippen LogP contribution in [0.4, 0.5) is 0 Å². The van der Waals surface area contributed by atoms with Crippen molar-refractivity contribution in [3.05, 3.63) is 70.9 Å². The number of hydrogen-bond donors (Lipinski definition) is 0. The van der Waals surface area contributed by atoms with Crippen molar-refractivity contribution in [1.29, 1.82) is 0 Å². The number of esters is 1. The third-order valence-corrected chi connectivity index (χ3v) is 4.16. The number of carbonyl (C=O) groups is 2. The molecular weight excluding hydrogens is 358 g/mol. The molecule has 0 aliphatic carbocycles. The van der Waals surface area contributed by atoms with Crippen LogP contribution in [0.1, 0.15) is 37.5 Å². The summed E-state index contributed by atoms with van der Waals surface area (Å²) in [6.07, 6.45) is 1.60. The molecule has 0 spiro atoms. The number of hydrogen-bond acceptors (Lipinski definition) is 6. The number of carboxylic acids is 1. The first-order valence-corrected chi connectivity index (χ1v) is 8.78. The number of ether oxygens (including phenoxy) is 2. The molecule has 0 bridgehead atoms. The normalized spacial score (nSPS) is 15.3. The molecule has 28 heavy (non-hydrogen) atoms. The predicted molar refractivity (Wildman–Crippen MR) is 103 cm³/mol. The van der Waals surface area contributed by atoms with E-state index < -0.39 is 18.5 Å². The minimum atomic E-state index is -1.29. The molecule has 0 aromatic heterocycles. The second-order valence-corrected chi connectivity index (χ2v) is 7.39. The van der Waals surface area contributed by atoms with Crippen molar-refractivity contribution in [3.8, 4) is 5.75 Å². The second kappa shape index (κ2) is 7.68. The van der Waals surface area contributed by atoms with Gasteiger partial charge in [-0.2, -0.15) is 0 Å². The largest absolute Gasteiger partial charge is 0.546 e. The molecular formula is C22H20NO5-. The standard InChI is InChI=1S/C22H21NO5/c1-22(2,3)16-8-6-15(7-9-16)20-23-18(21(26)28-20)12-14-4-10-17(11-5-14)27-13-19(24)25/h4-12H,13H2,1-3H3,(H,24,25)/p-1/b18-12-. The molecule has 0 saturated heterocycles. The Morgan fingerprint density at radius 2 is 1.75 bits per heavy atom. The summed E-state index contributed by atoms with van der Waals surface area (Å²) in [4.78, 5) is 26.8. The highest BCUT2D eigenvalue weighted by Gasteiger charge is 2.24. The SMILES string of the molecule is CC(C)(C)c1ccc(C2=N/C(=C\c3ccc(OCC(=O)[O-])cc3)C(=O)O2)cc1. The van der Waals surface area contributed by atoms with Gasteiger partial charge in [-0.05, 0) is 46.9 Å². The molecule has 2 aromatic carbocycles. The molecule has 1 heterocycles. The van der Waals surface area contributed by atoms with Crippen molar-refractivity contribution in [2.45, 2.75) is 26.2 Å². The molecule has 0 saturated carbocycles. The van der Waals surface area contributed by atoms with Gasteiger partial charge in [0.25, 0.3) is 0 Å². The topological polar surface area (TPSA) is 88.0 Å². The van der Waals surface area contributed by atoms with Crippen molar-refractivity contribution in [2.75, 3.05) is 6.61 Å². The Morgan fingerprint density at radius 3 is 2.32 bits per heavy atom. The second-order valence-electron chi connectivity index (χ2n) is 7.39. The fraction of sp³-hybridized carbons (Fsp3) is 0.227. The lowest BCUT2D eigenvalue weighted by molar-refractivity contribution is -0.307. The Morgan fingerprint density at radius 1 is 1.11 bits per heavy atom. The van der Waals surface area contributed by atoms with E-state index in [1.54, 1.807) is 30.3 Å². The van der Waals surface area contributed by atoms with Crippen molar-refractivity contribution < 1.29 is 24.2 Å². The van der Waals surface area contributed by atoms with E-state index in [0.717, 1.165) is 5.56 Å². The van der Waals surface area contributed by atoms with Crippen molar-refractivity contribution in [3.63, 3.8) is 0 Å². The zero-order chi connectivity index (χ0) is 20.3. The molecule has 2 aromatic rings. The van der Waals surface area contributed by atoms with Crippen LogP contribution in [-0.2, 0) is 19.7 Å². The lowest BCUT2D eigenvalue weighted by atomic mass is 9.87. The monoisotopic (exact) mass is 378 g/mol. The number of aliphatic carboxylic acids is 1. The molecule has 6 heteroatoms. The Balaban J connectivity index is 1.77. The van der Waals surface area contributed by atoms with E-state index in [1.807, 2.05) is 24.3 Å². The van der Waals surface area contributed by atoms with Crippen molar-refractivity contribution in [1.82, 2.24) is 0 Å². The van der Waals surface area contributed by atoms with Gasteiger partial charge in [0.15, 0.2) is 5.70 Å². The summed E-state index contributed by atoms with van der Waals surface area (Å²) in [6, 6.07) is 14.4. The van der Waals surface area contributed by atoms with Gasteiger partial charge >= 0.3 is 5.97 Å². The highest BCUT2D eigenvalue weighted by Crippen LogP contribution is 2.24. The minimum absolute atomic E-state index is 0.0363. The van der Waals surface area contributed by atoms with Crippen molar-refractivity contribution >= 4 is 23.9 Å². The van der Waals surface area contributed by atoms with Crippen LogP contribution in [-0.4, -0.2) is 24.4 Å². The van der Waals surface area contributed by atoms with E-state index >= 15 is 0 Å². The Labute approximate surface area is 163 Å². The quantitative estimate of drug-likeness (QED) is 0.589. The molecule has 6 nitrogen and oxygen atoms in total. The van der Waals surface area contributed by atoms with E-state index in [2.05, 4.69) is 25.8 Å². The smallest absolute Gasteiger partial charge is 0.363 e. The third-order valence-electron chi connectivity index (χ3n) is 4.16. The molecule has 0 fully saturated rings. The van der Waals surface area contributed by atoms with Gasteiger partial charge in [0, 0.05) is 5.56 Å². The maximum atomic E-state index is 12.1. The zero-order valence-corrected chi connectivity index (χ0v) is 15.9. The molecule has 0 atom stereocenters. The molecule has 1 aliphatic heterocycles. The van der Waals surface area contributed by atoms with Gasteiger partial charge in [-0.1, -0.05) is 45.0 Å². The first-order valence-electron chi connectivity index (χ1n) is 8.78. The highest BCUT2D eigenvalue weighted by atomic mass is 16.6. The van der Waals surface area contributed by atoms with Crippen LogP contribution in [0.2, 0.25) is 0 Å². The zero-order valence-electron chi connectivity index (χ0n) is 15.9. The maximum Gasteiger partial charge on any atom is 0.363 e. The van der Waals surface area contributed by atoms with Crippen LogP contribution in [0.3, 0.4) is 0 Å². The fourth-order valence-corrected chi connectivity index (χ4v) is 2.61. The number of aliphatic imine (C=N–C) groups is 1. The summed E-state index contributed by atoms with van der Waals surface area (Å²) in [6.45, 7) is 5.87. The van der Waals surface area contributed by atoms with Gasteiger partial charge < -0.3 is 19.4 Å². The van der Waals surface area contributed by atoms with Gasteiger partial charge in [-0.25, -0.2) is 9.79 Å². The number of carboxylic acid groups (broad SMARTS) is 1. The van der Waals surface area contributed by atoms with Gasteiger partial charge in [-0.15, -0.1) is 0 Å². The molecule has 3 rings (SSSR count). The Hall–Kier alpha value is -3.41. The van der Waals surface area contributed by atoms with Gasteiger partial charge in [0.2, 0.25) is 5.90 Å². The van der Waals surface area contributed by atoms with E-state index in [-0.39, 0.29) is 17.0 Å². The number of rotatable bonds is 5. The average Bonchev–Trinajstić information content (AvgIpc) is 3.01. The summed E-state index contributed by atoms with van der Waals surface area (Å²) in [5, 5.41) is 10.4. The van der Waals surface area contributed by atoms with Crippen LogP contribution in [0.15, 0.2) is 59.2 Å². The summed E-state index contributed by atoms with van der Waals surface area (Å²) in [5.74, 6) is -1.15. The first-order chi connectivity index (χ1) is 13.2. The van der Waals surface area contributed by atoms with E-state index in [1.165, 1.54) is 5.56 Å². The van der Waals surface area contributed by atoms with E-state index in [0.29, 0.717) is 11.3 Å². The van der Waals surface area contributed by atoms with Crippen LogP contribution in [0.5, 0.6) is 5.75 Å². The first kappa shape index (κ1) is 19.4. The molecule has 0 radical (unpaired) electrons. The van der Waals surface area contributed by atoms with Gasteiger partial charge in [-0.3, -0.25) is 0 Å². The van der Waals surface area contributed by atoms with E-state index in [9.17, 15) is 14.7 Å². The Kier molecular flexibility index (Phi) is 5.31. The van der Waals surface area contributed by atoms with Gasteiger partial charge in [0.05, 0.1) is 5.97 Å². The summed E-state index contributed by atoms with van der Waals surface area (Å²) < 4.78 is 10.3. The highest BCUT2D eigenvalue weighted by molar-refractivity contribution is 6.12. The lowest BCUT2D eigenvalue weighted by Gasteiger charge is -2.18.